The summed E-state index contributed by atoms with van der Waals surface area (Å²) in [6, 6.07) is 0. The molecule has 0 aliphatic heterocycles. The second-order valence-corrected chi connectivity index (χ2v) is 4.92. The molecule has 0 aliphatic rings. The van der Waals surface area contributed by atoms with Crippen molar-refractivity contribution in [3.63, 3.8) is 0 Å². The number of aliphatic hydroxyl groups is 1. The highest BCUT2D eigenvalue weighted by atomic mass is 19.4. The summed E-state index contributed by atoms with van der Waals surface area (Å²) in [6.07, 6.45) is 3.00. The van der Waals surface area contributed by atoms with E-state index in [4.69, 9.17) is 11.7 Å². The molecule has 0 atom stereocenters. The molecule has 0 spiro atoms. The minimum atomic E-state index is -5.13. The van der Waals surface area contributed by atoms with Crippen LogP contribution in [0.25, 0.3) is 4.85 Å². The van der Waals surface area contributed by atoms with E-state index in [1.807, 2.05) is 0 Å². The van der Waals surface area contributed by atoms with Crippen molar-refractivity contribution in [3.8, 4) is 0 Å². The highest BCUT2D eigenvalue weighted by Gasteiger charge is 2.39. The monoisotopic (exact) mass is 321 g/mol. The molecule has 126 valence electrons. The van der Waals surface area contributed by atoms with Gasteiger partial charge < -0.3 is 9.84 Å². The van der Waals surface area contributed by atoms with Gasteiger partial charge in [-0.05, 0) is 6.42 Å². The van der Waals surface area contributed by atoms with E-state index in [0.29, 0.717) is 6.42 Å². The minimum Gasteiger partial charge on any atom is -0.515 e. The van der Waals surface area contributed by atoms with Crippen LogP contribution < -0.4 is 0 Å². The summed E-state index contributed by atoms with van der Waals surface area (Å²) >= 11 is 0. The normalized spacial score (nSPS) is 12.5. The van der Waals surface area contributed by atoms with Gasteiger partial charge in [0.05, 0.1) is 13.2 Å². The zero-order valence-electron chi connectivity index (χ0n) is 12.7. The van der Waals surface area contributed by atoms with Crippen LogP contribution in [0.5, 0.6) is 0 Å². The van der Waals surface area contributed by atoms with Gasteiger partial charge in [-0.3, -0.25) is 4.79 Å². The van der Waals surface area contributed by atoms with Crippen LogP contribution in [0, 0.1) is 6.57 Å². The van der Waals surface area contributed by atoms with Crippen molar-refractivity contribution in [2.24, 2.45) is 0 Å². The van der Waals surface area contributed by atoms with Gasteiger partial charge in [-0.1, -0.05) is 51.9 Å². The zero-order valence-corrected chi connectivity index (χ0v) is 12.7. The summed E-state index contributed by atoms with van der Waals surface area (Å²) in [6.45, 7) is 8.61. The van der Waals surface area contributed by atoms with Crippen LogP contribution in [0.2, 0.25) is 0 Å². The number of halogens is 3. The number of rotatable bonds is 10. The van der Waals surface area contributed by atoms with Crippen molar-refractivity contribution in [2.75, 3.05) is 6.61 Å². The summed E-state index contributed by atoms with van der Waals surface area (Å²) in [5.74, 6) is -3.64. The molecular weight excluding hydrogens is 299 g/mol. The average molecular weight is 321 g/mol. The number of nitrogens with zero attached hydrogens (tertiary/aromatic N) is 1. The Bertz CT molecular complexity index is 411. The van der Waals surface area contributed by atoms with E-state index >= 15 is 0 Å². The Hall–Kier alpha value is -1.71. The molecule has 0 unspecified atom stereocenters. The van der Waals surface area contributed by atoms with Crippen LogP contribution in [0.15, 0.2) is 11.5 Å². The van der Waals surface area contributed by atoms with Crippen LogP contribution in [0.4, 0.5) is 13.2 Å². The van der Waals surface area contributed by atoms with Crippen LogP contribution in [-0.2, 0) is 9.53 Å². The lowest BCUT2D eigenvalue weighted by Gasteiger charge is -2.08. The van der Waals surface area contributed by atoms with Gasteiger partial charge >= 0.3 is 17.8 Å². The molecule has 22 heavy (non-hydrogen) atoms. The number of ether oxygens (including phenoxy) is 1. The Labute approximate surface area is 128 Å². The first kappa shape index (κ1) is 20.3. The molecule has 0 fully saturated rings. The van der Waals surface area contributed by atoms with Crippen LogP contribution in [-0.4, -0.2) is 23.9 Å². The number of unbranched alkanes of at least 4 members (excludes halogenated alkanes) is 7. The van der Waals surface area contributed by atoms with Gasteiger partial charge in [0.2, 0.25) is 5.76 Å². The first-order valence-electron chi connectivity index (χ1n) is 7.39. The number of carbonyl (C=O) groups is 1. The first-order valence-corrected chi connectivity index (χ1v) is 7.39. The molecule has 0 aromatic rings. The maximum atomic E-state index is 12.2. The highest BCUT2D eigenvalue weighted by molar-refractivity contribution is 5.91. The van der Waals surface area contributed by atoms with E-state index in [1.54, 1.807) is 0 Å². The predicted octanol–water partition coefficient (Wildman–Crippen LogP) is 4.92. The van der Waals surface area contributed by atoms with Crippen LogP contribution in [0.3, 0.4) is 0 Å². The molecule has 0 aromatic heterocycles. The maximum Gasteiger partial charge on any atom is 0.438 e. The summed E-state index contributed by atoms with van der Waals surface area (Å²) in [7, 11) is 0. The molecule has 0 bridgehead atoms. The SMILES string of the molecule is [C-]#[N+]C(C(=O)OCCCCCCCCCC)=C(O)C(F)(F)F. The maximum absolute atomic E-state index is 12.2. The molecule has 0 aliphatic carbocycles. The van der Waals surface area contributed by atoms with Gasteiger partial charge in [-0.2, -0.15) is 13.2 Å². The molecule has 0 saturated carbocycles. The fourth-order valence-electron chi connectivity index (χ4n) is 1.80. The topological polar surface area (TPSA) is 50.9 Å². The van der Waals surface area contributed by atoms with E-state index in [1.165, 1.54) is 19.3 Å². The van der Waals surface area contributed by atoms with Crippen molar-refractivity contribution in [3.05, 3.63) is 22.9 Å². The summed E-state index contributed by atoms with van der Waals surface area (Å²) < 4.78 is 41.2. The van der Waals surface area contributed by atoms with E-state index in [2.05, 4.69) is 16.5 Å². The van der Waals surface area contributed by atoms with Crippen LogP contribution in [0.1, 0.15) is 58.3 Å². The van der Waals surface area contributed by atoms with Crippen molar-refractivity contribution in [2.45, 2.75) is 64.5 Å². The molecule has 0 amide bonds. The Morgan fingerprint density at radius 3 is 2.05 bits per heavy atom. The van der Waals surface area contributed by atoms with E-state index in [0.717, 1.165) is 25.7 Å². The third kappa shape index (κ3) is 8.55. The largest absolute Gasteiger partial charge is 0.515 e. The summed E-state index contributed by atoms with van der Waals surface area (Å²) in [5.41, 5.74) is -1.42. The zero-order chi connectivity index (χ0) is 17.0. The number of alkyl halides is 3. The van der Waals surface area contributed by atoms with Crippen molar-refractivity contribution in [1.82, 2.24) is 0 Å². The third-order valence-electron chi connectivity index (χ3n) is 3.03. The minimum absolute atomic E-state index is 0.0576. The molecule has 7 heteroatoms. The van der Waals surface area contributed by atoms with Crippen LogP contribution >= 0.6 is 0 Å². The molecule has 4 nitrogen and oxygen atoms in total. The van der Waals surface area contributed by atoms with Crippen molar-refractivity contribution >= 4 is 5.97 Å². The lowest BCUT2D eigenvalue weighted by atomic mass is 10.1. The number of esters is 1. The van der Waals surface area contributed by atoms with Gasteiger partial charge in [0.25, 0.3) is 0 Å². The Kier molecular flexibility index (Phi) is 10.1. The predicted molar refractivity (Wildman–Crippen MR) is 75.9 cm³/mol. The highest BCUT2D eigenvalue weighted by Crippen LogP contribution is 2.27. The molecule has 0 rings (SSSR count). The average Bonchev–Trinajstić information content (AvgIpc) is 2.45. The molecule has 0 saturated heterocycles. The summed E-state index contributed by atoms with van der Waals surface area (Å²) in [5, 5.41) is 8.80. The third-order valence-corrected chi connectivity index (χ3v) is 3.03. The van der Waals surface area contributed by atoms with Gasteiger partial charge in [0.15, 0.2) is 0 Å². The first-order chi connectivity index (χ1) is 10.3. The van der Waals surface area contributed by atoms with Gasteiger partial charge in [-0.25, -0.2) is 4.85 Å². The number of aliphatic hydroxyl groups excluding tert-OH is 1. The Balaban J connectivity index is 3.97. The second kappa shape index (κ2) is 10.9. The van der Waals surface area contributed by atoms with Crippen molar-refractivity contribution in [1.29, 1.82) is 0 Å². The number of hydrogen-bond acceptors (Lipinski definition) is 3. The Morgan fingerprint density at radius 1 is 1.09 bits per heavy atom. The number of carbonyl (C=O) groups excluding carboxylic acids is 1. The smallest absolute Gasteiger partial charge is 0.438 e. The second-order valence-electron chi connectivity index (χ2n) is 4.92. The van der Waals surface area contributed by atoms with E-state index in [9.17, 15) is 18.0 Å². The lowest BCUT2D eigenvalue weighted by molar-refractivity contribution is -0.142. The fraction of sp³-hybridized carbons (Fsp3) is 0.733. The quantitative estimate of drug-likeness (QED) is 0.204. The molecule has 0 radical (unpaired) electrons. The number of allylic oxidation sites excluding steroid dienone is 1. The lowest BCUT2D eigenvalue weighted by Crippen LogP contribution is -2.18. The van der Waals surface area contributed by atoms with E-state index in [-0.39, 0.29) is 6.61 Å². The van der Waals surface area contributed by atoms with Crippen molar-refractivity contribution < 1.29 is 27.8 Å². The van der Waals surface area contributed by atoms with Gasteiger partial charge in [0, 0.05) is 0 Å². The molecule has 1 N–H and O–H groups in total. The summed E-state index contributed by atoms with van der Waals surface area (Å²) in [4.78, 5) is 13.7. The Morgan fingerprint density at radius 2 is 1.59 bits per heavy atom. The fourth-order valence-corrected chi connectivity index (χ4v) is 1.80. The molecule has 0 aromatic carbocycles. The molecule has 0 heterocycles. The number of hydrogen-bond donors (Lipinski definition) is 1. The standard InChI is InChI=1S/C15H22F3NO3/c1-3-4-5-6-7-8-9-10-11-22-14(21)12(19-2)13(20)15(16,17)18/h20H,3-11H2,1H3. The van der Waals surface area contributed by atoms with E-state index < -0.39 is 23.6 Å². The molecular formula is C15H22F3NO3. The van der Waals surface area contributed by atoms with Gasteiger partial charge in [0.1, 0.15) is 0 Å². The van der Waals surface area contributed by atoms with Gasteiger partial charge in [-0.15, -0.1) is 0 Å².